The maximum atomic E-state index is 12.5. The molecule has 52 heavy (non-hydrogen) atoms. The van der Waals surface area contributed by atoms with Crippen LogP contribution >= 0.6 is 11.8 Å². The number of hydrogen-bond donors (Lipinski definition) is 7. The first-order chi connectivity index (χ1) is 25.1. The summed E-state index contributed by atoms with van der Waals surface area (Å²) in [4.78, 5) is 36.2. The fraction of sp³-hybridized carbons (Fsp3) is 0.486. The van der Waals surface area contributed by atoms with E-state index >= 15 is 0 Å². The average Bonchev–Trinajstić information content (AvgIpc) is 3.88. The predicted octanol–water partition coefficient (Wildman–Crippen LogP) is 4.65. The number of thioether (sulfide) groups is 1. The number of hydrogen-bond acceptors (Lipinski definition) is 9. The number of nitrogens with one attached hydrogen (secondary N) is 4. The molecule has 0 bridgehead atoms. The Bertz CT molecular complexity index is 1910. The fourth-order valence-corrected chi connectivity index (χ4v) is 8.57. The van der Waals surface area contributed by atoms with E-state index in [1.54, 1.807) is 6.07 Å². The van der Waals surface area contributed by atoms with E-state index in [-0.39, 0.29) is 59.2 Å². The largest absolute Gasteiger partial charge is 0.508 e. The van der Waals surface area contributed by atoms with E-state index in [4.69, 9.17) is 0 Å². The number of amides is 4. The summed E-state index contributed by atoms with van der Waals surface area (Å²) in [6.45, 7) is 5.53. The van der Waals surface area contributed by atoms with Crippen LogP contribution in [0.1, 0.15) is 76.7 Å². The number of nitrogens with zero attached hydrogens (tertiary/aromatic N) is 4. The number of carbonyl (C=O) groups is 3. The van der Waals surface area contributed by atoms with E-state index in [9.17, 15) is 29.7 Å². The molecule has 2 saturated heterocycles. The van der Waals surface area contributed by atoms with Gasteiger partial charge in [0.1, 0.15) is 11.5 Å². The summed E-state index contributed by atoms with van der Waals surface area (Å²) in [5, 5.41) is 52.8. The van der Waals surface area contributed by atoms with Crippen molar-refractivity contribution in [1.29, 1.82) is 0 Å². The van der Waals surface area contributed by atoms with Crippen LogP contribution in [0.25, 0.3) is 28.0 Å². The van der Waals surface area contributed by atoms with Crippen LogP contribution in [0.2, 0.25) is 0 Å². The van der Waals surface area contributed by atoms with Gasteiger partial charge in [-0.15, -0.1) is 5.10 Å². The fourth-order valence-electron chi connectivity index (χ4n) is 7.03. The van der Waals surface area contributed by atoms with Crippen LogP contribution in [-0.4, -0.2) is 88.7 Å². The lowest BCUT2D eigenvalue weighted by molar-refractivity contribution is -0.122. The van der Waals surface area contributed by atoms with Gasteiger partial charge in [-0.1, -0.05) is 31.8 Å². The summed E-state index contributed by atoms with van der Waals surface area (Å²) in [6.07, 6.45) is 8.12. The summed E-state index contributed by atoms with van der Waals surface area (Å²) >= 11 is 1.90. The quantitative estimate of drug-likeness (QED) is 0.0598. The highest BCUT2D eigenvalue weighted by atomic mass is 32.2. The number of unbranched alkanes of at least 4 members (excludes halogenated alkanes) is 3. The van der Waals surface area contributed by atoms with Crippen molar-refractivity contribution in [2.75, 3.05) is 18.8 Å². The Kier molecular flexibility index (Phi) is 11.8. The van der Waals surface area contributed by atoms with E-state index in [1.165, 1.54) is 10.6 Å². The van der Waals surface area contributed by atoms with Crippen LogP contribution < -0.4 is 21.3 Å². The van der Waals surface area contributed by atoms with Crippen molar-refractivity contribution < 1.29 is 29.7 Å². The molecule has 0 radical (unpaired) electrons. The topological polar surface area (TPSA) is 196 Å². The van der Waals surface area contributed by atoms with Gasteiger partial charge in [-0.25, -0.2) is 9.36 Å². The molecule has 2 aliphatic heterocycles. The molecule has 278 valence electrons. The van der Waals surface area contributed by atoms with Gasteiger partial charge in [0, 0.05) is 66.6 Å². The molecule has 6 rings (SSSR count). The number of aromatic hydroxyl groups is 3. The van der Waals surface area contributed by atoms with Crippen molar-refractivity contribution in [1.82, 2.24) is 40.6 Å². The van der Waals surface area contributed by atoms with E-state index in [0.29, 0.717) is 54.5 Å². The Morgan fingerprint density at radius 2 is 1.69 bits per heavy atom. The number of phenols is 2. The lowest BCUT2D eigenvalue weighted by Crippen LogP contribution is -2.36. The zero-order valence-electron chi connectivity index (χ0n) is 29.6. The van der Waals surface area contributed by atoms with Gasteiger partial charge in [-0.3, -0.25) is 9.59 Å². The molecule has 7 N–H and O–H groups in total. The highest BCUT2D eigenvalue weighted by molar-refractivity contribution is 8.00. The first-order valence-corrected chi connectivity index (χ1v) is 19.2. The number of urea groups is 1. The Morgan fingerprint density at radius 3 is 2.48 bits per heavy atom. The number of benzene rings is 2. The molecule has 0 spiro atoms. The lowest BCUT2D eigenvalue weighted by Gasteiger charge is -2.16. The minimum Gasteiger partial charge on any atom is -0.508 e. The van der Waals surface area contributed by atoms with Crippen molar-refractivity contribution in [3.63, 3.8) is 0 Å². The number of carbonyl (C=O) groups excluding carboxylic acids is 3. The second kappa shape index (κ2) is 16.6. The second-order valence-corrected chi connectivity index (χ2v) is 15.1. The smallest absolute Gasteiger partial charge is 0.319 e. The minimum atomic E-state index is -0.334. The van der Waals surface area contributed by atoms with Gasteiger partial charge in [0.25, 0.3) is 0 Å². The van der Waals surface area contributed by atoms with Gasteiger partial charge < -0.3 is 41.2 Å². The monoisotopic (exact) mass is 732 g/mol. The van der Waals surface area contributed by atoms with Crippen molar-refractivity contribution in [2.45, 2.75) is 95.0 Å². The van der Waals surface area contributed by atoms with Gasteiger partial charge in [0.05, 0.1) is 23.3 Å². The standard InChI is InChI=1S/C37H48N8O6S/c1-22(2)25-19-26(30(47)20-29(25)46)35-42-43-37(51)45(35)24-11-12-28-23(18-24)13-16-44(28)17-15-39-33(49)9-4-3-7-14-38-32(48)10-6-5-8-31-34-27(21-52-31)40-36(50)41-34/h11-13,16,18-20,22,27,31,34,46-47H,3-10,14-15,17,21H2,1-2H3,(H,38,48)(H,39,49)(H,43,51)(H2,40,41,50)/t27-,31-,34-/m1/s1. The molecule has 0 aliphatic carbocycles. The molecule has 2 aromatic heterocycles. The molecule has 2 aliphatic rings. The van der Waals surface area contributed by atoms with Crippen LogP contribution in [0.4, 0.5) is 4.79 Å². The van der Waals surface area contributed by atoms with Gasteiger partial charge >= 0.3 is 12.0 Å². The predicted molar refractivity (Wildman–Crippen MR) is 200 cm³/mol. The molecule has 0 saturated carbocycles. The SMILES string of the molecule is CC(C)c1cc(-c2nnc(O)n2-c2ccc3c(ccn3CCNC(=O)CCCCCNC(=O)CCCC[C@H]3SC[C@H]4NC(=O)N[C@H]43)c2)c(O)cc1O. The molecular weight excluding hydrogens is 685 g/mol. The summed E-state index contributed by atoms with van der Waals surface area (Å²) in [6, 6.07) is 10.6. The molecular formula is C37H48N8O6S. The molecule has 15 heteroatoms. The van der Waals surface area contributed by atoms with Crippen LogP contribution in [-0.2, 0) is 16.1 Å². The third-order valence-corrected chi connectivity index (χ3v) is 11.3. The Balaban J connectivity index is 0.887. The lowest BCUT2D eigenvalue weighted by atomic mass is 9.98. The second-order valence-electron chi connectivity index (χ2n) is 13.9. The number of phenolic OH excluding ortho intramolecular Hbond substituents is 2. The zero-order valence-corrected chi connectivity index (χ0v) is 30.4. The molecule has 4 aromatic rings. The van der Waals surface area contributed by atoms with Crippen molar-refractivity contribution in [3.8, 4) is 34.6 Å². The van der Waals surface area contributed by atoms with Gasteiger partial charge in [-0.05, 0) is 67.5 Å². The Labute approximate surface area is 306 Å². The zero-order chi connectivity index (χ0) is 36.8. The Hall–Kier alpha value is -4.92. The first-order valence-electron chi connectivity index (χ1n) is 18.1. The maximum absolute atomic E-state index is 12.5. The first kappa shape index (κ1) is 36.9. The molecule has 2 fully saturated rings. The highest BCUT2D eigenvalue weighted by Crippen LogP contribution is 2.39. The van der Waals surface area contributed by atoms with Gasteiger partial charge in [0.15, 0.2) is 5.82 Å². The van der Waals surface area contributed by atoms with E-state index in [1.807, 2.05) is 60.6 Å². The molecule has 4 heterocycles. The molecule has 3 atom stereocenters. The summed E-state index contributed by atoms with van der Waals surface area (Å²) in [7, 11) is 0. The van der Waals surface area contributed by atoms with E-state index < -0.39 is 0 Å². The molecule has 4 amide bonds. The maximum Gasteiger partial charge on any atom is 0.319 e. The molecule has 0 unspecified atom stereocenters. The van der Waals surface area contributed by atoms with Crippen molar-refractivity contribution in [2.24, 2.45) is 0 Å². The highest BCUT2D eigenvalue weighted by Gasteiger charge is 2.42. The van der Waals surface area contributed by atoms with Crippen LogP contribution in [0, 0.1) is 0 Å². The van der Waals surface area contributed by atoms with Crippen molar-refractivity contribution >= 4 is 40.5 Å². The normalized spacial score (nSPS) is 18.1. The van der Waals surface area contributed by atoms with E-state index in [0.717, 1.165) is 55.2 Å². The summed E-state index contributed by atoms with van der Waals surface area (Å²) in [5.74, 6) is 1.05. The minimum absolute atomic E-state index is 0.00352. The van der Waals surface area contributed by atoms with Crippen molar-refractivity contribution in [3.05, 3.63) is 48.2 Å². The van der Waals surface area contributed by atoms with Gasteiger partial charge in [0.2, 0.25) is 11.8 Å². The third-order valence-electron chi connectivity index (χ3n) is 9.82. The van der Waals surface area contributed by atoms with Crippen LogP contribution in [0.15, 0.2) is 42.6 Å². The number of rotatable bonds is 17. The Morgan fingerprint density at radius 1 is 0.923 bits per heavy atom. The molecule has 14 nitrogen and oxygen atoms in total. The van der Waals surface area contributed by atoms with Gasteiger partial charge in [-0.2, -0.15) is 11.8 Å². The summed E-state index contributed by atoms with van der Waals surface area (Å²) in [5.41, 5.74) is 2.52. The molecule has 2 aromatic carbocycles. The number of fused-ring (bicyclic) bond motifs is 2. The van der Waals surface area contributed by atoms with Crippen LogP contribution in [0.3, 0.4) is 0 Å². The van der Waals surface area contributed by atoms with E-state index in [2.05, 4.69) is 31.5 Å². The number of aromatic nitrogens is 4. The third kappa shape index (κ3) is 8.57. The average molecular weight is 733 g/mol. The van der Waals surface area contributed by atoms with Crippen LogP contribution in [0.5, 0.6) is 17.5 Å². The summed E-state index contributed by atoms with van der Waals surface area (Å²) < 4.78 is 3.50.